The second kappa shape index (κ2) is 5.69. The van der Waals surface area contributed by atoms with E-state index in [0.29, 0.717) is 17.9 Å². The first-order chi connectivity index (χ1) is 9.55. The molecule has 0 atom stereocenters. The van der Waals surface area contributed by atoms with Gasteiger partial charge in [-0.25, -0.2) is 4.79 Å². The van der Waals surface area contributed by atoms with Crippen LogP contribution in [0.2, 0.25) is 0 Å². The van der Waals surface area contributed by atoms with Crippen molar-refractivity contribution in [3.8, 4) is 5.75 Å². The highest BCUT2D eigenvalue weighted by Gasteiger charge is 2.14. The van der Waals surface area contributed by atoms with Crippen molar-refractivity contribution in [3.05, 3.63) is 47.3 Å². The fourth-order valence-electron chi connectivity index (χ4n) is 2.15. The predicted octanol–water partition coefficient (Wildman–Crippen LogP) is 2.22. The number of carbonyl (C=O) groups excluding carboxylic acids is 1. The van der Waals surface area contributed by atoms with Crippen molar-refractivity contribution >= 4 is 11.7 Å². The molecule has 1 aromatic carbocycles. The minimum absolute atomic E-state index is 0.409. The number of aryl methyl sites for hydroxylation is 1. The average molecular weight is 274 g/mol. The number of rotatable bonds is 4. The Labute approximate surface area is 117 Å². The zero-order valence-corrected chi connectivity index (χ0v) is 11.8. The highest BCUT2D eigenvalue weighted by Crippen LogP contribution is 2.22. The Bertz CT molecular complexity index is 632. The minimum Gasteiger partial charge on any atom is -0.496 e. The molecule has 0 aliphatic carbocycles. The number of benzene rings is 1. The van der Waals surface area contributed by atoms with Crippen molar-refractivity contribution in [3.63, 3.8) is 0 Å². The number of aromatic nitrogens is 1. The number of carbonyl (C=O) groups is 1. The molecule has 0 amide bonds. The van der Waals surface area contributed by atoms with Crippen molar-refractivity contribution in [1.82, 2.24) is 4.57 Å². The molecule has 5 heteroatoms. The lowest BCUT2D eigenvalue weighted by atomic mass is 10.1. The smallest absolute Gasteiger partial charge is 0.354 e. The lowest BCUT2D eigenvalue weighted by molar-refractivity contribution is 0.0589. The van der Waals surface area contributed by atoms with Crippen molar-refractivity contribution in [2.75, 3.05) is 20.0 Å². The molecule has 0 aliphatic rings. The van der Waals surface area contributed by atoms with Crippen LogP contribution in [0.4, 0.5) is 5.69 Å². The third-order valence-electron chi connectivity index (χ3n) is 3.09. The summed E-state index contributed by atoms with van der Waals surface area (Å²) >= 11 is 0. The normalized spacial score (nSPS) is 10.3. The Kier molecular flexibility index (Phi) is 3.98. The van der Waals surface area contributed by atoms with Crippen molar-refractivity contribution in [1.29, 1.82) is 0 Å². The van der Waals surface area contributed by atoms with Gasteiger partial charge in [-0.1, -0.05) is 17.7 Å². The Morgan fingerprint density at radius 2 is 2.05 bits per heavy atom. The van der Waals surface area contributed by atoms with E-state index in [1.54, 1.807) is 23.9 Å². The van der Waals surface area contributed by atoms with E-state index in [4.69, 9.17) is 15.2 Å². The van der Waals surface area contributed by atoms with Gasteiger partial charge >= 0.3 is 5.97 Å². The second-order valence-electron chi connectivity index (χ2n) is 4.59. The van der Waals surface area contributed by atoms with Crippen molar-refractivity contribution in [2.24, 2.45) is 0 Å². The second-order valence-corrected chi connectivity index (χ2v) is 4.59. The van der Waals surface area contributed by atoms with Gasteiger partial charge in [0.15, 0.2) is 0 Å². The van der Waals surface area contributed by atoms with Gasteiger partial charge in [0.2, 0.25) is 0 Å². The summed E-state index contributed by atoms with van der Waals surface area (Å²) in [7, 11) is 2.97. The zero-order chi connectivity index (χ0) is 14.7. The van der Waals surface area contributed by atoms with Crippen LogP contribution >= 0.6 is 0 Å². The molecule has 2 aromatic rings. The van der Waals surface area contributed by atoms with E-state index >= 15 is 0 Å². The van der Waals surface area contributed by atoms with Crippen molar-refractivity contribution < 1.29 is 14.3 Å². The highest BCUT2D eigenvalue weighted by molar-refractivity contribution is 5.89. The standard InChI is InChI=1S/C15H18N2O3/c1-10-4-5-14(19-2)11(6-10)8-17-9-12(16)7-13(17)15(18)20-3/h4-7,9H,8,16H2,1-3H3. The van der Waals surface area contributed by atoms with E-state index in [9.17, 15) is 4.79 Å². The number of hydrogen-bond donors (Lipinski definition) is 1. The highest BCUT2D eigenvalue weighted by atomic mass is 16.5. The molecule has 0 bridgehead atoms. The van der Waals surface area contributed by atoms with E-state index in [-0.39, 0.29) is 0 Å². The van der Waals surface area contributed by atoms with Crippen molar-refractivity contribution in [2.45, 2.75) is 13.5 Å². The number of esters is 1. The first kappa shape index (κ1) is 14.0. The summed E-state index contributed by atoms with van der Waals surface area (Å²) in [5.74, 6) is 0.368. The van der Waals surface area contributed by atoms with Gasteiger partial charge in [0, 0.05) is 11.8 Å². The van der Waals surface area contributed by atoms with Gasteiger partial charge in [-0.05, 0) is 19.1 Å². The number of hydrogen-bond acceptors (Lipinski definition) is 4. The number of anilines is 1. The van der Waals surface area contributed by atoms with Crippen LogP contribution in [0.25, 0.3) is 0 Å². The molecule has 0 unspecified atom stereocenters. The monoisotopic (exact) mass is 274 g/mol. The van der Waals surface area contributed by atoms with Gasteiger partial charge in [-0.3, -0.25) is 0 Å². The third kappa shape index (κ3) is 2.77. The van der Waals surface area contributed by atoms with Crippen LogP contribution in [0, 0.1) is 6.92 Å². The molecule has 2 rings (SSSR count). The predicted molar refractivity (Wildman–Crippen MR) is 77.0 cm³/mol. The molecule has 0 saturated carbocycles. The summed E-state index contributed by atoms with van der Waals surface area (Å²) in [4.78, 5) is 11.7. The maximum atomic E-state index is 11.7. The molecule has 1 aromatic heterocycles. The fourth-order valence-corrected chi connectivity index (χ4v) is 2.15. The Morgan fingerprint density at radius 1 is 1.30 bits per heavy atom. The SMILES string of the molecule is COC(=O)c1cc(N)cn1Cc1cc(C)ccc1OC. The summed E-state index contributed by atoms with van der Waals surface area (Å²) in [5, 5.41) is 0. The minimum atomic E-state index is -0.409. The largest absolute Gasteiger partial charge is 0.496 e. The molecular formula is C15H18N2O3. The zero-order valence-electron chi connectivity index (χ0n) is 11.8. The van der Waals surface area contributed by atoms with Gasteiger partial charge in [0.05, 0.1) is 26.5 Å². The lowest BCUT2D eigenvalue weighted by Gasteiger charge is -2.12. The molecule has 0 aliphatic heterocycles. The summed E-state index contributed by atoms with van der Waals surface area (Å²) in [6.07, 6.45) is 1.72. The van der Waals surface area contributed by atoms with E-state index < -0.39 is 5.97 Å². The maximum Gasteiger partial charge on any atom is 0.354 e. The molecular weight excluding hydrogens is 256 g/mol. The maximum absolute atomic E-state index is 11.7. The number of ether oxygens (including phenoxy) is 2. The van der Waals surface area contributed by atoms with Gasteiger partial charge in [0.25, 0.3) is 0 Å². The quantitative estimate of drug-likeness (QED) is 0.868. The number of nitrogens with zero attached hydrogens (tertiary/aromatic N) is 1. The summed E-state index contributed by atoms with van der Waals surface area (Å²) in [6.45, 7) is 2.50. The summed E-state index contributed by atoms with van der Waals surface area (Å²) in [6, 6.07) is 7.52. The van der Waals surface area contributed by atoms with E-state index in [2.05, 4.69) is 0 Å². The van der Waals surface area contributed by atoms with Crippen LogP contribution in [0.1, 0.15) is 21.6 Å². The lowest BCUT2D eigenvalue weighted by Crippen LogP contribution is -2.11. The molecule has 5 nitrogen and oxygen atoms in total. The first-order valence-electron chi connectivity index (χ1n) is 6.22. The molecule has 0 spiro atoms. The van der Waals surface area contributed by atoms with Crippen LogP contribution < -0.4 is 10.5 Å². The van der Waals surface area contributed by atoms with Gasteiger partial charge in [-0.15, -0.1) is 0 Å². The Balaban J connectivity index is 2.39. The molecule has 106 valence electrons. The van der Waals surface area contributed by atoms with E-state index in [1.165, 1.54) is 7.11 Å². The van der Waals surface area contributed by atoms with Crippen LogP contribution in [0.5, 0.6) is 5.75 Å². The Hall–Kier alpha value is -2.43. The molecule has 1 heterocycles. The molecule has 0 saturated heterocycles. The number of nitrogens with two attached hydrogens (primary N) is 1. The van der Waals surface area contributed by atoms with Gasteiger partial charge in [-0.2, -0.15) is 0 Å². The van der Waals surface area contributed by atoms with Gasteiger partial charge < -0.3 is 19.8 Å². The van der Waals surface area contributed by atoms with E-state index in [0.717, 1.165) is 16.9 Å². The molecule has 0 radical (unpaired) electrons. The third-order valence-corrected chi connectivity index (χ3v) is 3.09. The van der Waals surface area contributed by atoms with E-state index in [1.807, 2.05) is 25.1 Å². The molecule has 20 heavy (non-hydrogen) atoms. The van der Waals surface area contributed by atoms with Crippen LogP contribution in [-0.2, 0) is 11.3 Å². The van der Waals surface area contributed by atoms with Crippen LogP contribution in [-0.4, -0.2) is 24.8 Å². The van der Waals surface area contributed by atoms with Gasteiger partial charge in [0.1, 0.15) is 11.4 Å². The summed E-state index contributed by atoms with van der Waals surface area (Å²) in [5.41, 5.74) is 8.82. The van der Waals surface area contributed by atoms with Crippen LogP contribution in [0.15, 0.2) is 30.5 Å². The number of nitrogen functional groups attached to an aromatic ring is 1. The van der Waals surface area contributed by atoms with Crippen LogP contribution in [0.3, 0.4) is 0 Å². The summed E-state index contributed by atoms with van der Waals surface area (Å²) < 4.78 is 11.9. The fraction of sp³-hybridized carbons (Fsp3) is 0.267. The Morgan fingerprint density at radius 3 is 2.70 bits per heavy atom. The average Bonchev–Trinajstić information content (AvgIpc) is 2.79. The first-order valence-corrected chi connectivity index (χ1v) is 6.22. The topological polar surface area (TPSA) is 66.5 Å². The molecule has 0 fully saturated rings. The number of methoxy groups -OCH3 is 2. The molecule has 2 N–H and O–H groups in total.